The van der Waals surface area contributed by atoms with E-state index in [4.69, 9.17) is 0 Å². The summed E-state index contributed by atoms with van der Waals surface area (Å²) in [7, 11) is 0. The molecule has 36 heavy (non-hydrogen) atoms. The van der Waals surface area contributed by atoms with Gasteiger partial charge in [0, 0.05) is 18.4 Å². The predicted molar refractivity (Wildman–Crippen MR) is 159 cm³/mol. The van der Waals surface area contributed by atoms with Crippen LogP contribution in [0.4, 0.5) is 0 Å². The summed E-state index contributed by atoms with van der Waals surface area (Å²) in [5, 5.41) is 0. The van der Waals surface area contributed by atoms with E-state index in [1.165, 1.54) is 140 Å². The predicted octanol–water partition coefficient (Wildman–Crippen LogP) is 11.1. The van der Waals surface area contributed by atoms with Crippen LogP contribution in [0.15, 0.2) is 49.1 Å². The molecule has 0 fully saturated rings. The number of hydrogen-bond acceptors (Lipinski definition) is 1. The average molecular weight is 495 g/mol. The van der Waals surface area contributed by atoms with Gasteiger partial charge in [-0.25, -0.2) is 4.98 Å². The maximum Gasteiger partial charge on any atom is 0.0948 e. The molecule has 0 aliphatic rings. The molecule has 0 saturated heterocycles. The number of rotatable bonds is 24. The van der Waals surface area contributed by atoms with Crippen LogP contribution in [0.3, 0.4) is 0 Å². The highest BCUT2D eigenvalue weighted by Gasteiger charge is 2.23. The van der Waals surface area contributed by atoms with Crippen molar-refractivity contribution in [2.45, 2.75) is 155 Å². The molecule has 0 radical (unpaired) electrons. The lowest BCUT2D eigenvalue weighted by molar-refractivity contribution is 0.275. The van der Waals surface area contributed by atoms with E-state index in [-0.39, 0.29) is 0 Å². The van der Waals surface area contributed by atoms with E-state index in [0.717, 1.165) is 0 Å². The second-order valence-electron chi connectivity index (χ2n) is 11.3. The first-order chi connectivity index (χ1) is 17.8. The number of imidazole rings is 1. The summed E-state index contributed by atoms with van der Waals surface area (Å²) in [4.78, 5) is 4.43. The van der Waals surface area contributed by atoms with E-state index in [1.54, 1.807) is 0 Å². The smallest absolute Gasteiger partial charge is 0.0948 e. The lowest BCUT2D eigenvalue weighted by atomic mass is 9.84. The number of hydrogen-bond donors (Lipinski definition) is 0. The first-order valence-electron chi connectivity index (χ1n) is 15.9. The Balaban J connectivity index is 1.74. The van der Waals surface area contributed by atoms with E-state index in [1.807, 2.05) is 6.20 Å². The SMILES string of the molecule is CCCCCCCCCCCCCCCC(C(CCCCCCC)Cc1ccccc1)n1ccnc1. The maximum atomic E-state index is 4.43. The standard InChI is InChI=1S/C34H58N2/c1-3-5-7-9-10-11-12-13-14-15-16-18-23-27-34(36-29-28-35-31-36)33(26-22-17-8-6-4-2)30-32-24-20-19-21-25-32/h19-21,24-25,28-29,31,33-34H,3-18,22-23,26-27,30H2,1-2H3. The summed E-state index contributed by atoms with van der Waals surface area (Å²) in [5.74, 6) is 0.695. The molecule has 0 aliphatic heterocycles. The summed E-state index contributed by atoms with van der Waals surface area (Å²) in [6.07, 6.45) is 35.4. The van der Waals surface area contributed by atoms with Crippen molar-refractivity contribution in [2.24, 2.45) is 5.92 Å². The number of nitrogens with zero attached hydrogens (tertiary/aromatic N) is 2. The monoisotopic (exact) mass is 494 g/mol. The summed E-state index contributed by atoms with van der Waals surface area (Å²) in [6, 6.07) is 11.8. The van der Waals surface area contributed by atoms with Gasteiger partial charge in [-0.2, -0.15) is 0 Å². The van der Waals surface area contributed by atoms with Gasteiger partial charge in [-0.1, -0.05) is 160 Å². The van der Waals surface area contributed by atoms with Crippen molar-refractivity contribution in [1.82, 2.24) is 9.55 Å². The Morgan fingerprint density at radius 2 is 1.11 bits per heavy atom. The van der Waals surface area contributed by atoms with Crippen LogP contribution < -0.4 is 0 Å². The zero-order valence-electron chi connectivity index (χ0n) is 24.0. The third-order valence-electron chi connectivity index (χ3n) is 8.07. The van der Waals surface area contributed by atoms with Crippen LogP contribution in [0.25, 0.3) is 0 Å². The Labute approximate surface area is 224 Å². The Morgan fingerprint density at radius 1 is 0.611 bits per heavy atom. The zero-order valence-corrected chi connectivity index (χ0v) is 24.0. The van der Waals surface area contributed by atoms with Crippen LogP contribution in [0.5, 0.6) is 0 Å². The van der Waals surface area contributed by atoms with E-state index in [2.05, 4.69) is 66.3 Å². The minimum Gasteiger partial charge on any atom is -0.334 e. The van der Waals surface area contributed by atoms with Crippen molar-refractivity contribution >= 4 is 0 Å². The summed E-state index contributed by atoms with van der Waals surface area (Å²) in [5.41, 5.74) is 1.49. The minimum atomic E-state index is 0.576. The van der Waals surface area contributed by atoms with Crippen LogP contribution in [-0.4, -0.2) is 9.55 Å². The molecule has 2 nitrogen and oxygen atoms in total. The lowest BCUT2D eigenvalue weighted by Crippen LogP contribution is -2.21. The first kappa shape index (κ1) is 30.7. The van der Waals surface area contributed by atoms with Gasteiger partial charge in [0.1, 0.15) is 0 Å². The van der Waals surface area contributed by atoms with Crippen LogP contribution in [0.1, 0.15) is 154 Å². The van der Waals surface area contributed by atoms with Crippen molar-refractivity contribution in [2.75, 3.05) is 0 Å². The molecule has 1 aromatic heterocycles. The van der Waals surface area contributed by atoms with E-state index < -0.39 is 0 Å². The molecule has 1 heterocycles. The zero-order chi connectivity index (χ0) is 25.5. The molecule has 0 N–H and O–H groups in total. The molecule has 2 rings (SSSR count). The van der Waals surface area contributed by atoms with Crippen molar-refractivity contribution in [3.05, 3.63) is 54.6 Å². The fourth-order valence-electron chi connectivity index (χ4n) is 5.82. The highest BCUT2D eigenvalue weighted by molar-refractivity contribution is 5.15. The van der Waals surface area contributed by atoms with E-state index in [9.17, 15) is 0 Å². The molecule has 204 valence electrons. The van der Waals surface area contributed by atoms with Crippen LogP contribution >= 0.6 is 0 Å². The largest absolute Gasteiger partial charge is 0.334 e. The van der Waals surface area contributed by atoms with Gasteiger partial charge < -0.3 is 4.57 Å². The Bertz CT molecular complexity index is 693. The normalized spacial score (nSPS) is 13.2. The summed E-state index contributed by atoms with van der Waals surface area (Å²) >= 11 is 0. The van der Waals surface area contributed by atoms with E-state index >= 15 is 0 Å². The topological polar surface area (TPSA) is 17.8 Å². The van der Waals surface area contributed by atoms with Crippen LogP contribution in [0, 0.1) is 5.92 Å². The van der Waals surface area contributed by atoms with Crippen LogP contribution in [0.2, 0.25) is 0 Å². The Hall–Kier alpha value is -1.57. The number of benzene rings is 1. The fraction of sp³-hybridized carbons (Fsp3) is 0.735. The quantitative estimate of drug-likeness (QED) is 0.133. The maximum absolute atomic E-state index is 4.43. The lowest BCUT2D eigenvalue weighted by Gasteiger charge is -2.29. The molecule has 2 aromatic rings. The Kier molecular flexibility index (Phi) is 18.3. The molecule has 1 aromatic carbocycles. The van der Waals surface area contributed by atoms with Gasteiger partial charge in [0.2, 0.25) is 0 Å². The highest BCUT2D eigenvalue weighted by Crippen LogP contribution is 2.32. The van der Waals surface area contributed by atoms with Crippen molar-refractivity contribution in [1.29, 1.82) is 0 Å². The third-order valence-corrected chi connectivity index (χ3v) is 8.07. The molecule has 0 bridgehead atoms. The van der Waals surface area contributed by atoms with Gasteiger partial charge in [0.15, 0.2) is 0 Å². The number of aromatic nitrogens is 2. The van der Waals surface area contributed by atoms with Gasteiger partial charge in [-0.05, 0) is 30.7 Å². The van der Waals surface area contributed by atoms with Gasteiger partial charge in [0.25, 0.3) is 0 Å². The molecule has 2 atom stereocenters. The van der Waals surface area contributed by atoms with Crippen molar-refractivity contribution in [3.8, 4) is 0 Å². The number of unbranched alkanes of at least 4 members (excludes halogenated alkanes) is 16. The van der Waals surface area contributed by atoms with Gasteiger partial charge in [-0.3, -0.25) is 0 Å². The molecule has 2 unspecified atom stereocenters. The van der Waals surface area contributed by atoms with Gasteiger partial charge in [-0.15, -0.1) is 0 Å². The summed E-state index contributed by atoms with van der Waals surface area (Å²) in [6.45, 7) is 4.61. The molecule has 0 amide bonds. The summed E-state index contributed by atoms with van der Waals surface area (Å²) < 4.78 is 2.43. The minimum absolute atomic E-state index is 0.576. The van der Waals surface area contributed by atoms with Gasteiger partial charge >= 0.3 is 0 Å². The van der Waals surface area contributed by atoms with Crippen molar-refractivity contribution in [3.63, 3.8) is 0 Å². The van der Waals surface area contributed by atoms with Crippen LogP contribution in [-0.2, 0) is 6.42 Å². The third kappa shape index (κ3) is 14.2. The fourth-order valence-corrected chi connectivity index (χ4v) is 5.82. The molecular formula is C34H58N2. The second-order valence-corrected chi connectivity index (χ2v) is 11.3. The molecule has 2 heteroatoms. The molecule has 0 saturated carbocycles. The molecular weight excluding hydrogens is 436 g/mol. The highest BCUT2D eigenvalue weighted by atomic mass is 15.1. The average Bonchev–Trinajstić information content (AvgIpc) is 3.44. The molecule has 0 spiro atoms. The second kappa shape index (κ2) is 21.5. The van der Waals surface area contributed by atoms with Gasteiger partial charge in [0.05, 0.1) is 6.33 Å². The Morgan fingerprint density at radius 3 is 1.61 bits per heavy atom. The van der Waals surface area contributed by atoms with Crippen molar-refractivity contribution < 1.29 is 0 Å². The molecule has 0 aliphatic carbocycles. The first-order valence-corrected chi connectivity index (χ1v) is 15.9. The van der Waals surface area contributed by atoms with E-state index in [0.29, 0.717) is 12.0 Å².